The number of nitrogens with zero attached hydrogens (tertiary/aromatic N) is 1. The number of hydrogen-bond acceptors (Lipinski definition) is 11. The number of rotatable bonds is 9. The molecule has 190 valence electrons. The number of aliphatic hydroxyl groups is 2. The number of aromatic nitrogens is 2. The van der Waals surface area contributed by atoms with Gasteiger partial charge in [0.1, 0.15) is 18.9 Å². The number of halogens is 2. The third-order valence-electron chi connectivity index (χ3n) is 4.11. The molecule has 17 nitrogen and oxygen atoms in total. The number of alkyl halides is 1. The monoisotopic (exact) mass is 548 g/mol. The Bertz CT molecular complexity index is 1150. The van der Waals surface area contributed by atoms with Gasteiger partial charge in [-0.1, -0.05) is 0 Å². The van der Waals surface area contributed by atoms with Gasteiger partial charge in [0.05, 0.1) is 12.3 Å². The van der Waals surface area contributed by atoms with Gasteiger partial charge >= 0.3 is 29.2 Å². The lowest BCUT2D eigenvalue weighted by Crippen LogP contribution is -2.51. The van der Waals surface area contributed by atoms with Gasteiger partial charge in [-0.15, -0.1) is 0 Å². The van der Waals surface area contributed by atoms with E-state index in [1.54, 1.807) is 0 Å². The smallest absolute Gasteiger partial charge is 0.387 e. The van der Waals surface area contributed by atoms with Gasteiger partial charge in [0.25, 0.3) is 5.56 Å². The maximum atomic E-state index is 13.6. The van der Waals surface area contributed by atoms with E-state index >= 15 is 0 Å². The van der Waals surface area contributed by atoms with Gasteiger partial charge in [-0.3, -0.25) is 18.9 Å². The van der Waals surface area contributed by atoms with Crippen molar-refractivity contribution >= 4 is 23.5 Å². The van der Waals surface area contributed by atoms with Crippen LogP contribution in [0.3, 0.4) is 0 Å². The fourth-order valence-corrected chi connectivity index (χ4v) is 5.99. The van der Waals surface area contributed by atoms with Gasteiger partial charge in [0.15, 0.2) is 11.8 Å². The first-order valence-electron chi connectivity index (χ1n) is 8.27. The summed E-state index contributed by atoms with van der Waals surface area (Å²) >= 11 is 0. The van der Waals surface area contributed by atoms with E-state index in [0.29, 0.717) is 0 Å². The molecule has 0 bridgehead atoms. The zero-order chi connectivity index (χ0) is 25.6. The molecule has 0 radical (unpaired) electrons. The molecule has 2 heterocycles. The van der Waals surface area contributed by atoms with Crippen molar-refractivity contribution in [3.63, 3.8) is 0 Å². The van der Waals surface area contributed by atoms with Crippen LogP contribution in [0.4, 0.5) is 8.78 Å². The number of phosphoric acid groups is 3. The summed E-state index contributed by atoms with van der Waals surface area (Å²) < 4.78 is 77.9. The Balaban J connectivity index is 2.30. The largest absolute Gasteiger partial charge is 0.490 e. The maximum absolute atomic E-state index is 13.6. The van der Waals surface area contributed by atoms with Gasteiger partial charge in [-0.2, -0.15) is 13.0 Å². The zero-order valence-electron chi connectivity index (χ0n) is 16.0. The molecule has 1 aliphatic heterocycles. The lowest BCUT2D eigenvalue weighted by molar-refractivity contribution is -0.122. The number of hydrogen-bond donors (Lipinski definition) is 7. The molecule has 2 rings (SSSR count). The summed E-state index contributed by atoms with van der Waals surface area (Å²) in [5.74, 6) is -1.56. The molecule has 33 heavy (non-hydrogen) atoms. The normalized spacial score (nSPS) is 30.5. The molecule has 0 spiro atoms. The minimum Gasteiger partial charge on any atom is -0.387 e. The Morgan fingerprint density at radius 2 is 1.79 bits per heavy atom. The molecule has 1 aromatic heterocycles. The topological polar surface area (TPSA) is 264 Å². The Labute approximate surface area is 180 Å². The summed E-state index contributed by atoms with van der Waals surface area (Å²) in [7, 11) is -17.3. The highest BCUT2D eigenvalue weighted by Gasteiger charge is 2.59. The average molecular weight is 548 g/mol. The van der Waals surface area contributed by atoms with Crippen LogP contribution in [0.25, 0.3) is 0 Å². The van der Waals surface area contributed by atoms with Crippen LogP contribution in [0.2, 0.25) is 0 Å². The number of H-pyrrole nitrogens is 1. The molecule has 7 N–H and O–H groups in total. The fourth-order valence-electron chi connectivity index (χ4n) is 2.79. The first-order chi connectivity index (χ1) is 14.8. The Kier molecular flexibility index (Phi) is 8.05. The maximum Gasteiger partial charge on any atom is 0.490 e. The molecule has 22 heteroatoms. The van der Waals surface area contributed by atoms with Gasteiger partial charge in [0.2, 0.25) is 5.82 Å². The molecule has 7 atom stereocenters. The second-order valence-corrected chi connectivity index (χ2v) is 10.9. The number of phosphoric ester groups is 1. The minimum atomic E-state index is -5.88. The summed E-state index contributed by atoms with van der Waals surface area (Å²) in [6.07, 6.45) is -8.26. The number of aliphatic hydroxyl groups excluding tert-OH is 1. The Hall–Kier alpha value is -1.17. The van der Waals surface area contributed by atoms with Crippen LogP contribution in [-0.2, 0) is 31.6 Å². The van der Waals surface area contributed by atoms with Crippen LogP contribution in [0, 0.1) is 5.82 Å². The molecule has 1 saturated heterocycles. The van der Waals surface area contributed by atoms with Crippen molar-refractivity contribution in [2.45, 2.75) is 37.1 Å². The highest BCUT2D eigenvalue weighted by atomic mass is 31.3. The number of aromatic amines is 1. The van der Waals surface area contributed by atoms with Crippen LogP contribution in [0.1, 0.15) is 13.2 Å². The molecular formula is C11H17F2N2O15P3. The predicted octanol–water partition coefficient (Wildman–Crippen LogP) is -1.63. The molecule has 0 saturated carbocycles. The molecule has 1 aliphatic rings. The first kappa shape index (κ1) is 28.1. The van der Waals surface area contributed by atoms with Gasteiger partial charge < -0.3 is 34.5 Å². The Morgan fingerprint density at radius 1 is 1.21 bits per heavy atom. The van der Waals surface area contributed by atoms with E-state index in [-0.39, 0.29) is 10.8 Å². The third-order valence-corrected chi connectivity index (χ3v) is 8.03. The van der Waals surface area contributed by atoms with E-state index < -0.39 is 77.3 Å². The van der Waals surface area contributed by atoms with Crippen molar-refractivity contribution in [2.75, 3.05) is 6.67 Å². The lowest BCUT2D eigenvalue weighted by Gasteiger charge is -2.29. The highest BCUT2D eigenvalue weighted by molar-refractivity contribution is 7.66. The van der Waals surface area contributed by atoms with E-state index in [0.717, 1.165) is 6.92 Å². The summed E-state index contributed by atoms with van der Waals surface area (Å²) in [4.78, 5) is 60.3. The molecule has 0 amide bonds. The van der Waals surface area contributed by atoms with Gasteiger partial charge in [-0.25, -0.2) is 22.9 Å². The molecule has 1 fully saturated rings. The summed E-state index contributed by atoms with van der Waals surface area (Å²) in [6.45, 7) is -0.992. The van der Waals surface area contributed by atoms with Crippen molar-refractivity contribution in [1.29, 1.82) is 0 Å². The zero-order valence-corrected chi connectivity index (χ0v) is 18.7. The fraction of sp³-hybridized carbons (Fsp3) is 0.636. The van der Waals surface area contributed by atoms with Gasteiger partial charge in [-0.05, 0) is 6.92 Å². The quantitative estimate of drug-likeness (QED) is 0.171. The predicted molar refractivity (Wildman–Crippen MR) is 96.5 cm³/mol. The molecule has 3 unspecified atom stereocenters. The van der Waals surface area contributed by atoms with Crippen molar-refractivity contribution in [3.8, 4) is 0 Å². The van der Waals surface area contributed by atoms with E-state index in [9.17, 15) is 47.2 Å². The molecule has 1 aromatic rings. The van der Waals surface area contributed by atoms with E-state index in [4.69, 9.17) is 19.4 Å². The van der Waals surface area contributed by atoms with Crippen molar-refractivity contribution in [1.82, 2.24) is 9.55 Å². The van der Waals surface area contributed by atoms with Crippen LogP contribution in [0.15, 0.2) is 15.8 Å². The lowest BCUT2D eigenvalue weighted by atomic mass is 9.93. The third kappa shape index (κ3) is 6.49. The number of nitrogens with one attached hydrogen (secondary N) is 1. The first-order valence-corrected chi connectivity index (χ1v) is 12.8. The minimum absolute atomic E-state index is 0.178. The second kappa shape index (κ2) is 9.47. The van der Waals surface area contributed by atoms with Crippen LogP contribution < -0.4 is 11.2 Å². The van der Waals surface area contributed by atoms with Crippen LogP contribution in [0.5, 0.6) is 0 Å². The van der Waals surface area contributed by atoms with Crippen molar-refractivity contribution in [3.05, 3.63) is 32.9 Å². The van der Waals surface area contributed by atoms with E-state index in [1.165, 1.54) is 4.98 Å². The van der Waals surface area contributed by atoms with E-state index in [1.807, 2.05) is 0 Å². The highest BCUT2D eigenvalue weighted by Crippen LogP contribution is 2.66. The van der Waals surface area contributed by atoms with Crippen LogP contribution >= 0.6 is 23.5 Å². The molecular weight excluding hydrogens is 531 g/mol. The Morgan fingerprint density at radius 3 is 2.30 bits per heavy atom. The van der Waals surface area contributed by atoms with Gasteiger partial charge in [0, 0.05) is 0 Å². The summed E-state index contributed by atoms with van der Waals surface area (Å²) in [6, 6.07) is 0. The van der Waals surface area contributed by atoms with Crippen LogP contribution in [-0.4, -0.2) is 69.9 Å². The average Bonchev–Trinajstić information content (AvgIpc) is 2.87. The summed E-state index contributed by atoms with van der Waals surface area (Å²) in [5.41, 5.74) is -5.85. The standard InChI is InChI=1S/C11H17F2N2O15P3/c1-4(28-32(23,24)30-33(25,26)29-31(20,21)22)6-7(16)11(19,3-12)9(27-6)15-2-5(13)8(17)14-10(15)18/h2,4,6-7,9,16,19H,3H2,1H3,(H,23,24)(H,25,26)(H,14,17,18)(H2,20,21,22)/t4-,6+,7-,9+,11?/m0/s1. The van der Waals surface area contributed by atoms with E-state index in [2.05, 4.69) is 13.1 Å². The second-order valence-electron chi connectivity index (χ2n) is 6.57. The summed E-state index contributed by atoms with van der Waals surface area (Å²) in [5, 5.41) is 20.8. The molecule has 0 aromatic carbocycles. The number of ether oxygens (including phenoxy) is 1. The van der Waals surface area contributed by atoms with Crippen molar-refractivity contribution < 1.29 is 70.1 Å². The van der Waals surface area contributed by atoms with Crippen molar-refractivity contribution in [2.24, 2.45) is 0 Å². The molecule has 0 aliphatic carbocycles. The SMILES string of the molecule is C[C@H](OP(=O)(O)OP(=O)(O)OP(=O)(O)O)[C@H]1O[C@@H](n2cc(F)c(=O)[nH]c2=O)C(O)(CF)[C@H]1O.